The lowest BCUT2D eigenvalue weighted by Gasteiger charge is -2.08. The van der Waals surface area contributed by atoms with E-state index < -0.39 is 24.4 Å². The molecule has 2 rings (SSSR count). The van der Waals surface area contributed by atoms with Crippen molar-refractivity contribution in [1.82, 2.24) is 0 Å². The molecule has 0 aliphatic carbocycles. The standard InChI is InChI=1S/2C9H17Cl2N2O2.2ClH/c2*10-3-8(14)5-12-1-2-13(7-12)6-9(15)4-11;;/h2*7-9,14-15H,1-6H2;2*1H/q2*+1;;. The van der Waals surface area contributed by atoms with Crippen molar-refractivity contribution in [2.75, 3.05) is 75.9 Å². The predicted molar refractivity (Wildman–Crippen MR) is 120 cm³/mol. The highest BCUT2D eigenvalue weighted by Gasteiger charge is 2.28. The second-order valence-electron chi connectivity index (χ2n) is 7.71. The molecule has 8 nitrogen and oxygen atoms in total. The van der Waals surface area contributed by atoms with Crippen molar-refractivity contribution in [2.24, 2.45) is 0 Å². The molecule has 0 fully saturated rings. The van der Waals surface area contributed by atoms with Crippen LogP contribution in [0.15, 0.2) is 0 Å². The van der Waals surface area contributed by atoms with E-state index in [4.69, 9.17) is 46.4 Å². The van der Waals surface area contributed by atoms with Gasteiger partial charge in [-0.1, -0.05) is 0 Å². The van der Waals surface area contributed by atoms with E-state index in [0.717, 1.165) is 26.2 Å². The number of hydrogen-bond donors (Lipinski definition) is 6. The van der Waals surface area contributed by atoms with Gasteiger partial charge >= 0.3 is 12.7 Å². The summed E-state index contributed by atoms with van der Waals surface area (Å²) < 4.78 is 4.06. The summed E-state index contributed by atoms with van der Waals surface area (Å²) in [6, 6.07) is 0. The van der Waals surface area contributed by atoms with E-state index in [1.54, 1.807) is 0 Å². The normalized spacial score (nSPS) is 23.5. The van der Waals surface area contributed by atoms with Crippen LogP contribution in [0.1, 0.15) is 0 Å². The number of halogens is 6. The minimum atomic E-state index is -0.486. The molecule has 0 spiro atoms. The van der Waals surface area contributed by atoms with E-state index in [0.29, 0.717) is 26.2 Å². The minimum Gasteiger partial charge on any atom is -1.00 e. The van der Waals surface area contributed by atoms with Gasteiger partial charge in [-0.15, -0.1) is 46.4 Å². The summed E-state index contributed by atoms with van der Waals surface area (Å²) in [7, 11) is 0. The van der Waals surface area contributed by atoms with E-state index in [1.165, 1.54) is 9.80 Å². The largest absolute Gasteiger partial charge is 1.00 e. The molecule has 0 aromatic rings. The van der Waals surface area contributed by atoms with Gasteiger partial charge in [-0.05, 0) is 0 Å². The minimum absolute atomic E-state index is 0. The van der Waals surface area contributed by atoms with Gasteiger partial charge in [-0.25, -0.2) is 9.80 Å². The summed E-state index contributed by atoms with van der Waals surface area (Å²) in [5.74, 6) is 1.04. The van der Waals surface area contributed by atoms with Crippen molar-refractivity contribution in [3.05, 3.63) is 0 Å². The second kappa shape index (κ2) is 20.1. The Morgan fingerprint density at radius 3 is 1.22 bits per heavy atom. The molecule has 0 aromatic carbocycles. The molecule has 2 aliphatic heterocycles. The zero-order chi connectivity index (χ0) is 22.5. The number of nitrogens with zero attached hydrogens (tertiary/aromatic N) is 2. The van der Waals surface area contributed by atoms with E-state index in [-0.39, 0.29) is 48.3 Å². The van der Waals surface area contributed by atoms with Crippen LogP contribution in [0.3, 0.4) is 0 Å². The van der Waals surface area contributed by atoms with Crippen LogP contribution in [0.25, 0.3) is 0 Å². The van der Waals surface area contributed by atoms with E-state index >= 15 is 0 Å². The zero-order valence-electron chi connectivity index (χ0n) is 17.9. The van der Waals surface area contributed by atoms with Crippen LogP contribution in [0, 0.1) is 0 Å². The molecule has 0 aromatic heterocycles. The number of aliphatic hydroxyl groups is 4. The fourth-order valence-corrected chi connectivity index (χ4v) is 3.71. The summed E-state index contributed by atoms with van der Waals surface area (Å²) in [6.07, 6.45) is 2.09. The van der Waals surface area contributed by atoms with Crippen LogP contribution >= 0.6 is 46.4 Å². The lowest BCUT2D eigenvalue weighted by atomic mass is 10.4. The summed E-state index contributed by atoms with van der Waals surface area (Å²) in [5.41, 5.74) is 0. The maximum absolute atomic E-state index is 9.37. The Hall–Kier alpha value is 0.840. The van der Waals surface area contributed by atoms with Gasteiger partial charge in [0.15, 0.2) is 26.2 Å². The average Bonchev–Trinajstić information content (AvgIpc) is 3.37. The molecule has 0 saturated carbocycles. The van der Waals surface area contributed by atoms with Crippen LogP contribution in [0.5, 0.6) is 0 Å². The molecule has 192 valence electrons. The van der Waals surface area contributed by atoms with Crippen LogP contribution in [-0.4, -0.2) is 143 Å². The maximum atomic E-state index is 9.37. The first-order chi connectivity index (χ1) is 14.3. The van der Waals surface area contributed by atoms with Crippen LogP contribution in [-0.2, 0) is 0 Å². The highest BCUT2D eigenvalue weighted by Crippen LogP contribution is 1.91. The summed E-state index contributed by atoms with van der Waals surface area (Å²) in [6.45, 7) is 6.00. The molecule has 6 N–H and O–H groups in total. The number of rotatable bonds is 12. The number of quaternary nitrogens is 2. The Kier molecular flexibility index (Phi) is 22.0. The molecular formula is C18H36Cl6N4O4+2. The SMILES string of the molecule is OC(CCl)C[N+]1=C[NH+](CC(O)CCl)CC1.OC(CCl)C[N+]1=C[NH+](CC(O)CCl)CC1.[Cl-].[Cl-]. The smallest absolute Gasteiger partial charge is 0.325 e. The van der Waals surface area contributed by atoms with E-state index in [9.17, 15) is 20.4 Å². The van der Waals surface area contributed by atoms with Gasteiger partial charge in [0.05, 0.1) is 23.5 Å². The van der Waals surface area contributed by atoms with E-state index in [2.05, 4.69) is 0 Å². The number of hydrogen-bond acceptors (Lipinski definition) is 4. The summed E-state index contributed by atoms with van der Waals surface area (Å²) in [5, 5.41) is 37.5. The average molecular weight is 585 g/mol. The number of nitrogens with one attached hydrogen (secondary N) is 2. The lowest BCUT2D eigenvalue weighted by molar-refractivity contribution is -0.797. The highest BCUT2D eigenvalue weighted by atomic mass is 35.5. The van der Waals surface area contributed by atoms with Gasteiger partial charge < -0.3 is 45.2 Å². The van der Waals surface area contributed by atoms with Gasteiger partial charge in [0.25, 0.3) is 0 Å². The summed E-state index contributed by atoms with van der Waals surface area (Å²) >= 11 is 22.1. The van der Waals surface area contributed by atoms with Gasteiger partial charge in [-0.3, -0.25) is 0 Å². The topological polar surface area (TPSA) is 95.8 Å². The third kappa shape index (κ3) is 15.0. The third-order valence-electron chi connectivity index (χ3n) is 4.77. The molecule has 2 aliphatic rings. The molecule has 0 amide bonds. The van der Waals surface area contributed by atoms with Crippen molar-refractivity contribution in [3.8, 4) is 0 Å². The van der Waals surface area contributed by atoms with Crippen molar-refractivity contribution in [3.63, 3.8) is 0 Å². The zero-order valence-corrected chi connectivity index (χ0v) is 22.4. The molecule has 0 bridgehead atoms. The van der Waals surface area contributed by atoms with Crippen molar-refractivity contribution in [2.45, 2.75) is 24.4 Å². The van der Waals surface area contributed by atoms with E-state index in [1.807, 2.05) is 21.8 Å². The second-order valence-corrected chi connectivity index (χ2v) is 8.94. The maximum Gasteiger partial charge on any atom is 0.325 e. The van der Waals surface area contributed by atoms with Crippen molar-refractivity contribution >= 4 is 59.1 Å². The van der Waals surface area contributed by atoms with Gasteiger partial charge in [0, 0.05) is 0 Å². The van der Waals surface area contributed by atoms with Gasteiger partial charge in [-0.2, -0.15) is 9.15 Å². The molecule has 14 heteroatoms. The summed E-state index contributed by atoms with van der Waals surface area (Å²) in [4.78, 5) is 2.37. The fraction of sp³-hybridized carbons (Fsp3) is 0.889. The Morgan fingerprint density at radius 2 is 0.938 bits per heavy atom. The van der Waals surface area contributed by atoms with Crippen molar-refractivity contribution < 1.29 is 64.2 Å². The number of alkyl halides is 4. The Bertz CT molecular complexity index is 504. The van der Waals surface area contributed by atoms with Crippen LogP contribution in [0.2, 0.25) is 0 Å². The Labute approximate surface area is 222 Å². The number of aliphatic hydroxyl groups excluding tert-OH is 4. The first-order valence-corrected chi connectivity index (χ1v) is 12.3. The molecular weight excluding hydrogens is 549 g/mol. The Morgan fingerprint density at radius 1 is 0.625 bits per heavy atom. The van der Waals surface area contributed by atoms with Crippen molar-refractivity contribution in [1.29, 1.82) is 0 Å². The molecule has 32 heavy (non-hydrogen) atoms. The molecule has 6 atom stereocenters. The lowest BCUT2D eigenvalue weighted by Crippen LogP contribution is -3.11. The molecule has 0 saturated heterocycles. The molecule has 2 heterocycles. The predicted octanol–water partition coefficient (Wildman–Crippen LogP) is -9.74. The first kappa shape index (κ1) is 35.0. The molecule has 0 radical (unpaired) electrons. The highest BCUT2D eigenvalue weighted by molar-refractivity contribution is 6.18. The fourth-order valence-electron chi connectivity index (χ4n) is 3.30. The van der Waals surface area contributed by atoms with Gasteiger partial charge in [0.2, 0.25) is 0 Å². The third-order valence-corrected chi connectivity index (χ3v) is 6.19. The number of β-amino-alcohol motifs (C(OH)–C–C–N with tert-alkyl or cyclic N) is 2. The van der Waals surface area contributed by atoms with Crippen LogP contribution < -0.4 is 34.6 Å². The Balaban J connectivity index is 0. The molecule has 6 unspecified atom stereocenters. The monoisotopic (exact) mass is 582 g/mol. The quantitative estimate of drug-likeness (QED) is 0.101. The van der Waals surface area contributed by atoms with Crippen LogP contribution in [0.4, 0.5) is 0 Å². The first-order valence-electron chi connectivity index (χ1n) is 10.1. The van der Waals surface area contributed by atoms with Gasteiger partial charge in [0.1, 0.15) is 50.6 Å².